The second-order valence-corrected chi connectivity index (χ2v) is 8.39. The molecule has 0 saturated heterocycles. The third-order valence-electron chi connectivity index (χ3n) is 5.19. The number of amides is 3. The van der Waals surface area contributed by atoms with E-state index in [1.165, 1.54) is 12.5 Å². The summed E-state index contributed by atoms with van der Waals surface area (Å²) in [5.74, 6) is -7.35. The van der Waals surface area contributed by atoms with E-state index in [9.17, 15) is 39.0 Å². The lowest BCUT2D eigenvalue weighted by molar-refractivity contribution is -0.143. The average Bonchev–Trinajstić information content (AvgIpc) is 3.35. The Morgan fingerprint density at radius 2 is 1.51 bits per heavy atom. The Kier molecular flexibility index (Phi) is 13.4. The van der Waals surface area contributed by atoms with Gasteiger partial charge in [0.15, 0.2) is 5.96 Å². The number of aromatic amines is 1. The molecule has 4 unspecified atom stereocenters. The summed E-state index contributed by atoms with van der Waals surface area (Å²) >= 11 is 0. The number of imidazole rings is 1. The first-order chi connectivity index (χ1) is 18.3. The molecule has 18 heteroatoms. The van der Waals surface area contributed by atoms with Gasteiger partial charge in [0.1, 0.15) is 18.1 Å². The predicted octanol–water partition coefficient (Wildman–Crippen LogP) is -3.79. The summed E-state index contributed by atoms with van der Waals surface area (Å²) in [6.07, 6.45) is 0.927. The van der Waals surface area contributed by atoms with Crippen molar-refractivity contribution < 1.29 is 44.1 Å². The van der Waals surface area contributed by atoms with Crippen LogP contribution < -0.4 is 33.2 Å². The predicted molar refractivity (Wildman–Crippen MR) is 133 cm³/mol. The number of carboxylic acids is 3. The van der Waals surface area contributed by atoms with Crippen LogP contribution in [0.5, 0.6) is 0 Å². The molecule has 0 spiro atoms. The Hall–Kier alpha value is -4.74. The maximum absolute atomic E-state index is 12.9. The Labute approximate surface area is 221 Å². The number of guanidine groups is 1. The number of carbonyl (C=O) groups is 6. The van der Waals surface area contributed by atoms with Crippen LogP contribution in [0.2, 0.25) is 0 Å². The molecule has 216 valence electrons. The van der Waals surface area contributed by atoms with Crippen LogP contribution in [0.3, 0.4) is 0 Å². The number of H-pyrrole nitrogens is 1. The topological polar surface area (TPSA) is 318 Å². The van der Waals surface area contributed by atoms with Gasteiger partial charge in [0.05, 0.1) is 18.8 Å². The molecule has 3 amide bonds. The second kappa shape index (κ2) is 16.2. The van der Waals surface area contributed by atoms with E-state index in [1.54, 1.807) is 0 Å². The van der Waals surface area contributed by atoms with Crippen LogP contribution in [0, 0.1) is 0 Å². The molecule has 1 aromatic heterocycles. The second-order valence-electron chi connectivity index (χ2n) is 8.39. The SMILES string of the molecule is NC(N)=NCCCC(N)C(=O)NC(CC(=O)O)C(=O)NC(CCC(=O)O)C(=O)NC(Cc1cnc[nH]1)C(=O)O. The maximum Gasteiger partial charge on any atom is 0.326 e. The summed E-state index contributed by atoms with van der Waals surface area (Å²) in [5, 5.41) is 34.3. The monoisotopic (exact) mass is 555 g/mol. The number of aromatic nitrogens is 2. The van der Waals surface area contributed by atoms with Gasteiger partial charge in [0.2, 0.25) is 17.7 Å². The molecular formula is C21H33N9O9. The van der Waals surface area contributed by atoms with E-state index in [2.05, 4.69) is 30.9 Å². The van der Waals surface area contributed by atoms with Crippen LogP contribution in [0.1, 0.15) is 37.8 Å². The molecule has 13 N–H and O–H groups in total. The summed E-state index contributed by atoms with van der Waals surface area (Å²) < 4.78 is 0. The molecule has 1 rings (SSSR count). The number of rotatable bonds is 18. The van der Waals surface area contributed by atoms with E-state index in [0.717, 1.165) is 0 Å². The molecule has 1 aromatic rings. The smallest absolute Gasteiger partial charge is 0.326 e. The van der Waals surface area contributed by atoms with Gasteiger partial charge in [-0.3, -0.25) is 29.0 Å². The van der Waals surface area contributed by atoms with Crippen LogP contribution in [0.25, 0.3) is 0 Å². The van der Waals surface area contributed by atoms with Crippen molar-refractivity contribution in [3.63, 3.8) is 0 Å². The molecule has 0 aliphatic rings. The van der Waals surface area contributed by atoms with Gasteiger partial charge in [-0.2, -0.15) is 0 Å². The highest BCUT2D eigenvalue weighted by Crippen LogP contribution is 2.05. The standard InChI is InChI=1S/C21H33N9O9/c22-11(2-1-5-26-21(23)24)17(35)29-13(7-16(33)34)19(37)28-12(3-4-15(31)32)18(36)30-14(20(38)39)6-10-8-25-9-27-10/h8-9,11-14H,1-7,22H2,(H,25,27)(H,28,37)(H,29,35)(H,30,36)(H,31,32)(H,33,34)(H,38,39)(H4,23,24,26). The quantitative estimate of drug-likeness (QED) is 0.0472. The fraction of sp³-hybridized carbons (Fsp3) is 0.524. The van der Waals surface area contributed by atoms with Crippen LogP contribution >= 0.6 is 0 Å². The third-order valence-corrected chi connectivity index (χ3v) is 5.19. The zero-order valence-electron chi connectivity index (χ0n) is 20.8. The molecule has 0 aromatic carbocycles. The number of aliphatic imine (C=N–C) groups is 1. The van der Waals surface area contributed by atoms with E-state index in [4.69, 9.17) is 22.3 Å². The number of nitrogens with one attached hydrogen (secondary N) is 4. The minimum Gasteiger partial charge on any atom is -0.481 e. The molecule has 0 radical (unpaired) electrons. The van der Waals surface area contributed by atoms with E-state index in [0.29, 0.717) is 12.1 Å². The highest BCUT2D eigenvalue weighted by Gasteiger charge is 2.32. The average molecular weight is 556 g/mol. The zero-order valence-corrected chi connectivity index (χ0v) is 20.8. The first-order valence-corrected chi connectivity index (χ1v) is 11.7. The minimum absolute atomic E-state index is 0.0978. The van der Waals surface area contributed by atoms with E-state index in [-0.39, 0.29) is 25.3 Å². The number of nitrogens with two attached hydrogens (primary N) is 3. The van der Waals surface area contributed by atoms with Crippen molar-refractivity contribution in [2.75, 3.05) is 6.54 Å². The summed E-state index contributed by atoms with van der Waals surface area (Å²) in [6.45, 7) is 0.181. The molecule has 0 fully saturated rings. The Morgan fingerprint density at radius 1 is 0.897 bits per heavy atom. The van der Waals surface area contributed by atoms with E-state index >= 15 is 0 Å². The first kappa shape index (κ1) is 32.3. The fourth-order valence-electron chi connectivity index (χ4n) is 3.21. The van der Waals surface area contributed by atoms with E-state index < -0.39 is 79.1 Å². The van der Waals surface area contributed by atoms with Crippen molar-refractivity contribution >= 4 is 41.6 Å². The summed E-state index contributed by atoms with van der Waals surface area (Å²) in [5.41, 5.74) is 16.6. The first-order valence-electron chi connectivity index (χ1n) is 11.7. The van der Waals surface area contributed by atoms with Gasteiger partial charge < -0.3 is 53.5 Å². The van der Waals surface area contributed by atoms with Gasteiger partial charge in [-0.25, -0.2) is 9.78 Å². The van der Waals surface area contributed by atoms with Crippen molar-refractivity contribution in [2.24, 2.45) is 22.2 Å². The molecule has 18 nitrogen and oxygen atoms in total. The van der Waals surface area contributed by atoms with Crippen LogP contribution in [-0.4, -0.2) is 97.6 Å². The molecule has 39 heavy (non-hydrogen) atoms. The largest absolute Gasteiger partial charge is 0.481 e. The summed E-state index contributed by atoms with van der Waals surface area (Å²) in [7, 11) is 0. The number of aliphatic carboxylic acids is 3. The van der Waals surface area contributed by atoms with Crippen LogP contribution in [0.4, 0.5) is 0 Å². The summed E-state index contributed by atoms with van der Waals surface area (Å²) in [6, 6.07) is -5.86. The highest BCUT2D eigenvalue weighted by molar-refractivity contribution is 5.95. The van der Waals surface area contributed by atoms with Crippen molar-refractivity contribution in [3.05, 3.63) is 18.2 Å². The zero-order chi connectivity index (χ0) is 29.5. The van der Waals surface area contributed by atoms with Gasteiger partial charge in [-0.15, -0.1) is 0 Å². The lowest BCUT2D eigenvalue weighted by Gasteiger charge is -2.24. The van der Waals surface area contributed by atoms with E-state index in [1.807, 2.05) is 0 Å². The molecule has 0 aliphatic heterocycles. The highest BCUT2D eigenvalue weighted by atomic mass is 16.4. The third kappa shape index (κ3) is 12.9. The molecule has 0 saturated carbocycles. The van der Waals surface area contributed by atoms with Crippen molar-refractivity contribution in [2.45, 2.75) is 62.7 Å². The van der Waals surface area contributed by atoms with Gasteiger partial charge in [-0.1, -0.05) is 0 Å². The fourth-order valence-corrected chi connectivity index (χ4v) is 3.21. The molecule has 1 heterocycles. The normalized spacial score (nSPS) is 13.7. The molecule has 4 atom stereocenters. The lowest BCUT2D eigenvalue weighted by Crippen LogP contribution is -2.57. The Balaban J connectivity index is 2.96. The lowest BCUT2D eigenvalue weighted by atomic mass is 10.1. The van der Waals surface area contributed by atoms with Crippen LogP contribution in [0.15, 0.2) is 17.5 Å². The number of hydrogen-bond acceptors (Lipinski definition) is 9. The molecule has 0 aliphatic carbocycles. The number of hydrogen-bond donors (Lipinski definition) is 10. The summed E-state index contributed by atoms with van der Waals surface area (Å²) in [4.78, 5) is 82.4. The number of nitrogens with zero attached hydrogens (tertiary/aromatic N) is 2. The number of carboxylic acid groups (broad SMARTS) is 3. The maximum atomic E-state index is 12.9. The van der Waals surface area contributed by atoms with Gasteiger partial charge >= 0.3 is 17.9 Å². The molecular weight excluding hydrogens is 522 g/mol. The van der Waals surface area contributed by atoms with Gasteiger partial charge in [0, 0.05) is 31.3 Å². The van der Waals surface area contributed by atoms with Gasteiger partial charge in [-0.05, 0) is 19.3 Å². The van der Waals surface area contributed by atoms with Gasteiger partial charge in [0.25, 0.3) is 0 Å². The number of carbonyl (C=O) groups excluding carboxylic acids is 3. The van der Waals surface area contributed by atoms with Crippen molar-refractivity contribution in [3.8, 4) is 0 Å². The Bertz CT molecular complexity index is 1040. The van der Waals surface area contributed by atoms with Crippen molar-refractivity contribution in [1.29, 1.82) is 0 Å². The van der Waals surface area contributed by atoms with Crippen molar-refractivity contribution in [1.82, 2.24) is 25.9 Å². The molecule has 0 bridgehead atoms. The minimum atomic E-state index is -1.68. The Morgan fingerprint density at radius 3 is 2.05 bits per heavy atom. The van der Waals surface area contributed by atoms with Crippen LogP contribution in [-0.2, 0) is 35.2 Å².